The number of hydrogen-bond acceptors (Lipinski definition) is 3. The van der Waals surface area contributed by atoms with E-state index < -0.39 is 17.4 Å². The minimum absolute atomic E-state index is 0.145. The van der Waals surface area contributed by atoms with Crippen LogP contribution in [-0.4, -0.2) is 29.3 Å². The van der Waals surface area contributed by atoms with E-state index in [1.165, 1.54) is 0 Å². The first-order chi connectivity index (χ1) is 10.0. The SMILES string of the molecule is NC(=O)[C@@H]1C[C@@H]2CCCN2[C@]12C(=O)Nc1ccc(Cl)cc12. The summed E-state index contributed by atoms with van der Waals surface area (Å²) in [5.74, 6) is -1.05. The zero-order chi connectivity index (χ0) is 14.8. The molecule has 0 aliphatic carbocycles. The molecule has 2 fully saturated rings. The van der Waals surface area contributed by atoms with Gasteiger partial charge in [0, 0.05) is 22.3 Å². The molecule has 0 bridgehead atoms. The number of halogens is 1. The quantitative estimate of drug-likeness (QED) is 0.825. The van der Waals surface area contributed by atoms with E-state index in [1.807, 2.05) is 0 Å². The number of nitrogens with two attached hydrogens (primary N) is 1. The van der Waals surface area contributed by atoms with Crippen LogP contribution in [0.3, 0.4) is 0 Å². The van der Waals surface area contributed by atoms with Gasteiger partial charge in [-0.25, -0.2) is 0 Å². The fourth-order valence-corrected chi connectivity index (χ4v) is 4.59. The van der Waals surface area contributed by atoms with Crippen molar-refractivity contribution in [2.24, 2.45) is 11.7 Å². The van der Waals surface area contributed by atoms with Crippen LogP contribution < -0.4 is 11.1 Å². The van der Waals surface area contributed by atoms with E-state index in [2.05, 4.69) is 10.2 Å². The van der Waals surface area contributed by atoms with E-state index in [-0.39, 0.29) is 11.9 Å². The lowest BCUT2D eigenvalue weighted by atomic mass is 9.78. The molecule has 4 rings (SSSR count). The Bertz CT molecular complexity index is 662. The summed E-state index contributed by atoms with van der Waals surface area (Å²) in [6, 6.07) is 5.59. The average molecular weight is 306 g/mol. The van der Waals surface area contributed by atoms with Crippen molar-refractivity contribution in [1.82, 2.24) is 4.90 Å². The summed E-state index contributed by atoms with van der Waals surface area (Å²) < 4.78 is 0. The number of nitrogens with one attached hydrogen (secondary N) is 1. The molecule has 0 aromatic heterocycles. The van der Waals surface area contributed by atoms with Crippen LogP contribution in [0.25, 0.3) is 0 Å². The molecule has 2 amide bonds. The van der Waals surface area contributed by atoms with Crippen LogP contribution in [0.15, 0.2) is 18.2 Å². The van der Waals surface area contributed by atoms with E-state index in [4.69, 9.17) is 17.3 Å². The third-order valence-corrected chi connectivity index (χ3v) is 5.41. The normalized spacial score (nSPS) is 34.0. The highest BCUT2D eigenvalue weighted by molar-refractivity contribution is 6.31. The van der Waals surface area contributed by atoms with Gasteiger partial charge in [-0.2, -0.15) is 0 Å². The fourth-order valence-electron chi connectivity index (χ4n) is 4.42. The minimum atomic E-state index is -0.965. The van der Waals surface area contributed by atoms with Crippen LogP contribution in [-0.2, 0) is 15.1 Å². The van der Waals surface area contributed by atoms with E-state index >= 15 is 0 Å². The van der Waals surface area contributed by atoms with Gasteiger partial charge in [-0.05, 0) is 44.0 Å². The lowest BCUT2D eigenvalue weighted by Crippen LogP contribution is -2.53. The monoisotopic (exact) mass is 305 g/mol. The number of amides is 2. The second-order valence-electron chi connectivity index (χ2n) is 6.09. The molecule has 1 aromatic carbocycles. The summed E-state index contributed by atoms with van der Waals surface area (Å²) in [7, 11) is 0. The van der Waals surface area contributed by atoms with Crippen LogP contribution in [0.4, 0.5) is 5.69 Å². The van der Waals surface area contributed by atoms with Gasteiger partial charge in [0.1, 0.15) is 5.54 Å². The highest BCUT2D eigenvalue weighted by Crippen LogP contribution is 2.55. The van der Waals surface area contributed by atoms with Crippen molar-refractivity contribution in [1.29, 1.82) is 0 Å². The average Bonchev–Trinajstić information content (AvgIpc) is 3.06. The summed E-state index contributed by atoms with van der Waals surface area (Å²) >= 11 is 6.13. The Morgan fingerprint density at radius 3 is 3.05 bits per heavy atom. The van der Waals surface area contributed by atoms with Crippen LogP contribution in [0.2, 0.25) is 5.02 Å². The van der Waals surface area contributed by atoms with Crippen molar-refractivity contribution in [3.05, 3.63) is 28.8 Å². The van der Waals surface area contributed by atoms with E-state index in [1.54, 1.807) is 18.2 Å². The maximum absolute atomic E-state index is 12.8. The van der Waals surface area contributed by atoms with Gasteiger partial charge in [0.25, 0.3) is 0 Å². The second kappa shape index (κ2) is 4.21. The lowest BCUT2D eigenvalue weighted by Gasteiger charge is -2.36. The van der Waals surface area contributed by atoms with Gasteiger partial charge < -0.3 is 11.1 Å². The summed E-state index contributed by atoms with van der Waals surface area (Å²) in [5, 5.41) is 3.47. The summed E-state index contributed by atoms with van der Waals surface area (Å²) in [6.07, 6.45) is 2.70. The number of rotatable bonds is 1. The number of fused-ring (bicyclic) bond motifs is 4. The van der Waals surface area contributed by atoms with Crippen molar-refractivity contribution in [2.75, 3.05) is 11.9 Å². The second-order valence-corrected chi connectivity index (χ2v) is 6.53. The molecule has 3 aliphatic heterocycles. The molecule has 3 aliphatic rings. The largest absolute Gasteiger partial charge is 0.369 e. The van der Waals surface area contributed by atoms with Crippen molar-refractivity contribution in [3.63, 3.8) is 0 Å². The smallest absolute Gasteiger partial charge is 0.250 e. The standard InChI is InChI=1S/C15H16ClN3O2/c16-8-3-4-12-10(6-8)15(14(21)18-12)11(13(17)20)7-9-2-1-5-19(9)15/h3-4,6,9,11H,1-2,5,7H2,(H2,17,20)(H,18,21)/t9-,11-,15-/m0/s1. The van der Waals surface area contributed by atoms with Gasteiger partial charge in [0.05, 0.1) is 5.92 Å². The Morgan fingerprint density at radius 1 is 1.48 bits per heavy atom. The number of benzene rings is 1. The predicted molar refractivity (Wildman–Crippen MR) is 78.8 cm³/mol. The highest BCUT2D eigenvalue weighted by Gasteiger charge is 2.65. The maximum atomic E-state index is 12.8. The zero-order valence-corrected chi connectivity index (χ0v) is 12.2. The molecule has 6 heteroatoms. The molecule has 5 nitrogen and oxygen atoms in total. The van der Waals surface area contributed by atoms with Gasteiger partial charge >= 0.3 is 0 Å². The van der Waals surface area contributed by atoms with Gasteiger partial charge in [0.2, 0.25) is 11.8 Å². The first kappa shape index (κ1) is 13.1. The number of nitrogens with zero attached hydrogens (tertiary/aromatic N) is 1. The Balaban J connectivity index is 1.97. The van der Waals surface area contributed by atoms with Crippen molar-refractivity contribution >= 4 is 29.1 Å². The zero-order valence-electron chi connectivity index (χ0n) is 11.4. The van der Waals surface area contributed by atoms with Crippen molar-refractivity contribution in [3.8, 4) is 0 Å². The molecule has 3 atom stereocenters. The first-order valence-electron chi connectivity index (χ1n) is 7.22. The Morgan fingerprint density at radius 2 is 2.29 bits per heavy atom. The summed E-state index contributed by atoms with van der Waals surface area (Å²) in [5.41, 5.74) is 6.21. The molecule has 110 valence electrons. The van der Waals surface area contributed by atoms with E-state index in [9.17, 15) is 9.59 Å². The minimum Gasteiger partial charge on any atom is -0.369 e. The number of hydrogen-bond donors (Lipinski definition) is 2. The van der Waals surface area contributed by atoms with Gasteiger partial charge in [-0.1, -0.05) is 11.6 Å². The molecule has 1 spiro atoms. The topological polar surface area (TPSA) is 75.4 Å². The molecule has 0 unspecified atom stereocenters. The highest BCUT2D eigenvalue weighted by atomic mass is 35.5. The van der Waals surface area contributed by atoms with Crippen LogP contribution in [0.1, 0.15) is 24.8 Å². The third kappa shape index (κ3) is 1.50. The van der Waals surface area contributed by atoms with E-state index in [0.717, 1.165) is 30.6 Å². The number of anilines is 1. The lowest BCUT2D eigenvalue weighted by molar-refractivity contribution is -0.135. The molecule has 1 aromatic rings. The number of carbonyl (C=O) groups is 2. The molecule has 21 heavy (non-hydrogen) atoms. The molecule has 3 N–H and O–H groups in total. The van der Waals surface area contributed by atoms with Crippen LogP contribution in [0, 0.1) is 5.92 Å². The number of primary amides is 1. The fraction of sp³-hybridized carbons (Fsp3) is 0.467. The Kier molecular flexibility index (Phi) is 2.63. The molecule has 2 saturated heterocycles. The van der Waals surface area contributed by atoms with Crippen molar-refractivity contribution in [2.45, 2.75) is 30.8 Å². The van der Waals surface area contributed by atoms with Gasteiger partial charge in [-0.15, -0.1) is 0 Å². The maximum Gasteiger partial charge on any atom is 0.250 e. The Hall–Kier alpha value is -1.59. The van der Waals surface area contributed by atoms with Crippen LogP contribution >= 0.6 is 11.6 Å². The van der Waals surface area contributed by atoms with Gasteiger partial charge in [0.15, 0.2) is 0 Å². The van der Waals surface area contributed by atoms with Gasteiger partial charge in [-0.3, -0.25) is 14.5 Å². The van der Waals surface area contributed by atoms with E-state index in [0.29, 0.717) is 11.4 Å². The molecular formula is C15H16ClN3O2. The first-order valence-corrected chi connectivity index (χ1v) is 7.60. The molecule has 0 radical (unpaired) electrons. The van der Waals surface area contributed by atoms with Crippen molar-refractivity contribution < 1.29 is 9.59 Å². The molecular weight excluding hydrogens is 290 g/mol. The summed E-state index contributed by atoms with van der Waals surface area (Å²) in [4.78, 5) is 27.0. The predicted octanol–water partition coefficient (Wildman–Crippen LogP) is 1.46. The third-order valence-electron chi connectivity index (χ3n) is 5.17. The summed E-state index contributed by atoms with van der Waals surface area (Å²) in [6.45, 7) is 0.813. The molecule has 3 heterocycles. The number of carbonyl (C=O) groups excluding carboxylic acids is 2. The molecule has 0 saturated carbocycles. The van der Waals surface area contributed by atoms with Crippen LogP contribution in [0.5, 0.6) is 0 Å². The Labute approximate surface area is 127 Å².